The number of nitrogens with zero attached hydrogens (tertiary/aromatic N) is 3. The highest BCUT2D eigenvalue weighted by atomic mass is 16.6. The molecule has 0 aliphatic carbocycles. The van der Waals surface area contributed by atoms with Gasteiger partial charge in [-0.3, -0.25) is 10.1 Å². The number of para-hydroxylation sites is 1. The summed E-state index contributed by atoms with van der Waals surface area (Å²) in [6.07, 6.45) is 1.22. The van der Waals surface area contributed by atoms with Crippen molar-refractivity contribution in [1.82, 2.24) is 10.1 Å². The first-order chi connectivity index (χ1) is 9.37. The van der Waals surface area contributed by atoms with Crippen LogP contribution in [0.5, 0.6) is 0 Å². The third-order valence-corrected chi connectivity index (χ3v) is 2.79. The first-order valence-electron chi connectivity index (χ1n) is 6.22. The maximum atomic E-state index is 11.0. The fourth-order valence-electron chi connectivity index (χ4n) is 1.72. The number of hydrogen-bond acceptors (Lipinski definition) is 6. The molecular weight excluding hydrogens is 260 g/mol. The number of aryl methyl sites for hydroxylation is 1. The molecule has 0 radical (unpaired) electrons. The van der Waals surface area contributed by atoms with E-state index in [1.807, 2.05) is 13.8 Å². The topological polar surface area (TPSA) is 108 Å². The Balaban J connectivity index is 2.23. The molecule has 0 amide bonds. The van der Waals surface area contributed by atoms with Crippen LogP contribution in [0.3, 0.4) is 0 Å². The van der Waals surface area contributed by atoms with Crippen molar-refractivity contribution in [3.05, 3.63) is 40.3 Å². The maximum absolute atomic E-state index is 11.0. The van der Waals surface area contributed by atoms with Crippen LogP contribution in [0, 0.1) is 10.1 Å². The van der Waals surface area contributed by atoms with E-state index in [-0.39, 0.29) is 17.1 Å². The van der Waals surface area contributed by atoms with Crippen molar-refractivity contribution in [2.24, 2.45) is 5.73 Å². The van der Waals surface area contributed by atoms with Crippen molar-refractivity contribution in [2.75, 3.05) is 0 Å². The Labute approximate surface area is 115 Å². The molecule has 2 rings (SSSR count). The van der Waals surface area contributed by atoms with Crippen molar-refractivity contribution in [1.29, 1.82) is 0 Å². The van der Waals surface area contributed by atoms with Gasteiger partial charge in [0.15, 0.2) is 0 Å². The van der Waals surface area contributed by atoms with Crippen LogP contribution in [0.15, 0.2) is 28.8 Å². The van der Waals surface area contributed by atoms with Crippen molar-refractivity contribution in [2.45, 2.75) is 32.2 Å². The summed E-state index contributed by atoms with van der Waals surface area (Å²) in [4.78, 5) is 14.7. The number of nitrogens with two attached hydrogens (primary N) is 1. The number of aromatic nitrogens is 2. The molecule has 7 nitrogen and oxygen atoms in total. The van der Waals surface area contributed by atoms with Crippen molar-refractivity contribution in [3.8, 4) is 11.4 Å². The summed E-state index contributed by atoms with van der Waals surface area (Å²) in [5.41, 5.74) is 5.86. The molecule has 2 aromatic rings. The number of nitro groups is 1. The normalized spacial score (nSPS) is 11.6. The van der Waals surface area contributed by atoms with Crippen LogP contribution in [-0.2, 0) is 6.42 Å². The predicted octanol–water partition coefficient (Wildman–Crippen LogP) is 2.31. The molecule has 1 aromatic carbocycles. The number of rotatable bonds is 5. The average Bonchev–Trinajstić information content (AvgIpc) is 2.84. The lowest BCUT2D eigenvalue weighted by molar-refractivity contribution is -0.384. The van der Waals surface area contributed by atoms with Crippen molar-refractivity contribution < 1.29 is 9.45 Å². The zero-order chi connectivity index (χ0) is 14.8. The molecule has 0 saturated carbocycles. The van der Waals surface area contributed by atoms with Gasteiger partial charge >= 0.3 is 0 Å². The van der Waals surface area contributed by atoms with Crippen LogP contribution in [0.4, 0.5) is 5.69 Å². The highest BCUT2D eigenvalue weighted by Gasteiger charge is 2.20. The molecule has 0 unspecified atom stereocenters. The van der Waals surface area contributed by atoms with Gasteiger partial charge in [0, 0.05) is 18.0 Å². The second kappa shape index (κ2) is 5.38. The molecule has 0 spiro atoms. The molecule has 1 heterocycles. The molecule has 106 valence electrons. The first kappa shape index (κ1) is 14.1. The van der Waals surface area contributed by atoms with Gasteiger partial charge in [-0.2, -0.15) is 4.98 Å². The second-order valence-electron chi connectivity index (χ2n) is 5.27. The highest BCUT2D eigenvalue weighted by molar-refractivity contribution is 5.67. The quantitative estimate of drug-likeness (QED) is 0.663. The number of nitro benzene ring substituents is 1. The first-order valence-corrected chi connectivity index (χ1v) is 6.22. The molecule has 0 saturated heterocycles. The molecule has 0 atom stereocenters. The molecule has 7 heteroatoms. The van der Waals surface area contributed by atoms with E-state index in [1.165, 1.54) is 6.07 Å². The Morgan fingerprint density at radius 3 is 2.75 bits per heavy atom. The summed E-state index contributed by atoms with van der Waals surface area (Å²) >= 11 is 0. The largest absolute Gasteiger partial charge is 0.339 e. The lowest BCUT2D eigenvalue weighted by atomic mass is 10.0. The van der Waals surface area contributed by atoms with Crippen LogP contribution in [-0.4, -0.2) is 20.6 Å². The van der Waals surface area contributed by atoms with Gasteiger partial charge in [-0.15, -0.1) is 0 Å². The van der Waals surface area contributed by atoms with Crippen LogP contribution in [0.2, 0.25) is 0 Å². The number of benzene rings is 1. The van der Waals surface area contributed by atoms with Crippen LogP contribution in [0.1, 0.15) is 26.2 Å². The summed E-state index contributed by atoms with van der Waals surface area (Å²) in [6, 6.07) is 6.30. The molecule has 0 fully saturated rings. The predicted molar refractivity (Wildman–Crippen MR) is 73.0 cm³/mol. The fraction of sp³-hybridized carbons (Fsp3) is 0.385. The lowest BCUT2D eigenvalue weighted by Crippen LogP contribution is -2.32. The zero-order valence-electron chi connectivity index (χ0n) is 11.4. The molecule has 0 aliphatic rings. The summed E-state index contributed by atoms with van der Waals surface area (Å²) in [7, 11) is 0. The van der Waals surface area contributed by atoms with Crippen LogP contribution in [0.25, 0.3) is 11.4 Å². The minimum absolute atomic E-state index is 0.0426. The summed E-state index contributed by atoms with van der Waals surface area (Å²) < 4.78 is 5.11. The third-order valence-electron chi connectivity index (χ3n) is 2.79. The molecule has 0 bridgehead atoms. The Bertz CT molecular complexity index is 616. The molecular formula is C13H16N4O3. The Hall–Kier alpha value is -2.28. The lowest BCUT2D eigenvalue weighted by Gasteiger charge is -2.16. The van der Waals surface area contributed by atoms with E-state index < -0.39 is 4.92 Å². The average molecular weight is 276 g/mol. The zero-order valence-corrected chi connectivity index (χ0v) is 11.4. The Morgan fingerprint density at radius 1 is 1.40 bits per heavy atom. The summed E-state index contributed by atoms with van der Waals surface area (Å²) in [5, 5.41) is 14.8. The van der Waals surface area contributed by atoms with Gasteiger partial charge in [-0.1, -0.05) is 17.3 Å². The van der Waals surface area contributed by atoms with E-state index in [2.05, 4.69) is 10.1 Å². The van der Waals surface area contributed by atoms with Gasteiger partial charge in [0.05, 0.1) is 4.92 Å². The molecule has 20 heavy (non-hydrogen) atoms. The molecule has 2 N–H and O–H groups in total. The minimum Gasteiger partial charge on any atom is -0.339 e. The van der Waals surface area contributed by atoms with E-state index in [9.17, 15) is 10.1 Å². The van der Waals surface area contributed by atoms with E-state index in [1.54, 1.807) is 18.2 Å². The molecule has 1 aromatic heterocycles. The van der Waals surface area contributed by atoms with Crippen molar-refractivity contribution >= 4 is 5.69 Å². The van der Waals surface area contributed by atoms with E-state index in [4.69, 9.17) is 10.3 Å². The summed E-state index contributed by atoms with van der Waals surface area (Å²) in [5.74, 6) is 0.652. The minimum atomic E-state index is -0.464. The summed E-state index contributed by atoms with van der Waals surface area (Å²) in [6.45, 7) is 3.82. The van der Waals surface area contributed by atoms with Crippen LogP contribution < -0.4 is 5.73 Å². The van der Waals surface area contributed by atoms with Gasteiger partial charge in [0.1, 0.15) is 5.56 Å². The van der Waals surface area contributed by atoms with E-state index in [0.717, 1.165) is 0 Å². The van der Waals surface area contributed by atoms with Gasteiger partial charge in [-0.25, -0.2) is 0 Å². The third kappa shape index (κ3) is 3.39. The fourth-order valence-corrected chi connectivity index (χ4v) is 1.72. The standard InChI is InChI=1S/C13H16N4O3/c1-13(2,14)8-7-11-15-12(16-20-11)9-5-3-4-6-10(9)17(18)19/h3-6H,7-8,14H2,1-2H3. The number of hydrogen-bond donors (Lipinski definition) is 1. The second-order valence-corrected chi connectivity index (χ2v) is 5.27. The highest BCUT2D eigenvalue weighted by Crippen LogP contribution is 2.27. The smallest absolute Gasteiger partial charge is 0.280 e. The maximum Gasteiger partial charge on any atom is 0.280 e. The van der Waals surface area contributed by atoms with Gasteiger partial charge in [0.2, 0.25) is 11.7 Å². The molecule has 0 aliphatic heterocycles. The van der Waals surface area contributed by atoms with Gasteiger partial charge in [0.25, 0.3) is 5.69 Å². The van der Waals surface area contributed by atoms with E-state index >= 15 is 0 Å². The monoisotopic (exact) mass is 276 g/mol. The SMILES string of the molecule is CC(C)(N)CCc1nc(-c2ccccc2[N+](=O)[O-])no1. The van der Waals surface area contributed by atoms with E-state index in [0.29, 0.717) is 24.3 Å². The van der Waals surface area contributed by atoms with Crippen molar-refractivity contribution in [3.63, 3.8) is 0 Å². The van der Waals surface area contributed by atoms with Gasteiger partial charge < -0.3 is 10.3 Å². The van der Waals surface area contributed by atoms with Gasteiger partial charge in [-0.05, 0) is 26.3 Å². The van der Waals surface area contributed by atoms with Crippen LogP contribution >= 0.6 is 0 Å². The Morgan fingerprint density at radius 2 is 2.10 bits per heavy atom. The Kier molecular flexibility index (Phi) is 3.80.